The van der Waals surface area contributed by atoms with Crippen LogP contribution in [0.25, 0.3) is 6.08 Å². The predicted molar refractivity (Wildman–Crippen MR) is 64.4 cm³/mol. The Morgan fingerprint density at radius 2 is 1.75 bits per heavy atom. The van der Waals surface area contributed by atoms with Gasteiger partial charge in [-0.1, -0.05) is 0 Å². The highest BCUT2D eigenvalue weighted by Crippen LogP contribution is 2.25. The molecule has 1 heterocycles. The van der Waals surface area contributed by atoms with Gasteiger partial charge >= 0.3 is 6.03 Å². The Morgan fingerprint density at radius 3 is 2.30 bits per heavy atom. The lowest BCUT2D eigenvalue weighted by molar-refractivity contribution is -0.384. The largest absolute Gasteiger partial charge is 0.507 e. The Labute approximate surface area is 111 Å². The van der Waals surface area contributed by atoms with Gasteiger partial charge in [0.1, 0.15) is 11.3 Å². The average Bonchev–Trinajstić information content (AvgIpc) is 2.35. The molecular weight excluding hydrogens is 270 g/mol. The van der Waals surface area contributed by atoms with E-state index in [9.17, 15) is 29.6 Å². The number of phenolic OH excluding ortho intramolecular Hbond substituents is 1. The number of benzene rings is 1. The van der Waals surface area contributed by atoms with Crippen molar-refractivity contribution in [3.05, 3.63) is 39.4 Å². The fourth-order valence-electron chi connectivity index (χ4n) is 1.53. The van der Waals surface area contributed by atoms with Crippen LogP contribution in [0.5, 0.6) is 5.75 Å². The Balaban J connectivity index is 2.46. The van der Waals surface area contributed by atoms with Gasteiger partial charge in [0, 0.05) is 17.7 Å². The summed E-state index contributed by atoms with van der Waals surface area (Å²) in [6.07, 6.45) is 0.958. The molecule has 1 aliphatic rings. The fraction of sp³-hybridized carbons (Fsp3) is 0. The van der Waals surface area contributed by atoms with Gasteiger partial charge in [0.15, 0.2) is 0 Å². The molecule has 0 radical (unpaired) electrons. The van der Waals surface area contributed by atoms with E-state index in [1.54, 1.807) is 0 Å². The number of hydrogen-bond donors (Lipinski definition) is 3. The number of rotatable bonds is 2. The van der Waals surface area contributed by atoms with Crippen molar-refractivity contribution in [3.63, 3.8) is 0 Å². The van der Waals surface area contributed by atoms with Gasteiger partial charge in [-0.25, -0.2) is 4.79 Å². The summed E-state index contributed by atoms with van der Waals surface area (Å²) in [5, 5.41) is 23.9. The van der Waals surface area contributed by atoms with Crippen molar-refractivity contribution < 1.29 is 24.4 Å². The van der Waals surface area contributed by atoms with Crippen LogP contribution in [0.1, 0.15) is 5.56 Å². The number of non-ortho nitro benzene ring substituents is 1. The molecule has 0 unspecified atom stereocenters. The highest BCUT2D eigenvalue weighted by atomic mass is 16.6. The van der Waals surface area contributed by atoms with E-state index in [0.29, 0.717) is 0 Å². The standard InChI is InChI=1S/C11H7N3O6/c15-8-2-1-6(14(19)20)3-5(8)4-7-9(16)12-11(18)13-10(7)17/h1-4,15H,(H2,12,13,16,17,18). The topological polar surface area (TPSA) is 139 Å². The SMILES string of the molecule is O=C1NC(=O)C(=Cc2cc([N+](=O)[O-])ccc2O)C(=O)N1. The normalized spacial score (nSPS) is 14.6. The molecule has 0 bridgehead atoms. The summed E-state index contributed by atoms with van der Waals surface area (Å²) >= 11 is 0. The number of carbonyl (C=O) groups is 3. The van der Waals surface area contributed by atoms with Crippen LogP contribution in [-0.4, -0.2) is 27.9 Å². The molecule has 2 rings (SSSR count). The third-order valence-electron chi connectivity index (χ3n) is 2.47. The minimum absolute atomic E-state index is 0.0890. The van der Waals surface area contributed by atoms with Crippen molar-refractivity contribution in [3.8, 4) is 5.75 Å². The molecule has 102 valence electrons. The first-order valence-corrected chi connectivity index (χ1v) is 5.24. The Hall–Kier alpha value is -3.23. The van der Waals surface area contributed by atoms with E-state index in [-0.39, 0.29) is 17.0 Å². The van der Waals surface area contributed by atoms with Crippen molar-refractivity contribution in [2.45, 2.75) is 0 Å². The maximum atomic E-state index is 11.5. The molecule has 1 saturated heterocycles. The van der Waals surface area contributed by atoms with Gasteiger partial charge in [0.05, 0.1) is 4.92 Å². The number of nitro benzene ring substituents is 1. The zero-order valence-corrected chi connectivity index (χ0v) is 9.75. The lowest BCUT2D eigenvalue weighted by Crippen LogP contribution is -2.51. The molecule has 0 aromatic heterocycles. The Morgan fingerprint density at radius 1 is 1.15 bits per heavy atom. The van der Waals surface area contributed by atoms with Crippen molar-refractivity contribution in [2.24, 2.45) is 0 Å². The number of phenols is 1. The second-order valence-electron chi connectivity index (χ2n) is 3.80. The van der Waals surface area contributed by atoms with E-state index in [1.807, 2.05) is 10.6 Å². The lowest BCUT2D eigenvalue weighted by Gasteiger charge is -2.14. The molecule has 1 fully saturated rings. The maximum absolute atomic E-state index is 11.5. The first kappa shape index (κ1) is 13.2. The van der Waals surface area contributed by atoms with Gasteiger partial charge in [0.2, 0.25) is 0 Å². The minimum Gasteiger partial charge on any atom is -0.507 e. The molecule has 3 N–H and O–H groups in total. The number of aromatic hydroxyl groups is 1. The second-order valence-corrected chi connectivity index (χ2v) is 3.80. The number of hydrogen-bond acceptors (Lipinski definition) is 6. The first-order chi connectivity index (χ1) is 9.38. The molecule has 4 amide bonds. The van der Waals surface area contributed by atoms with Crippen molar-refractivity contribution >= 4 is 29.6 Å². The van der Waals surface area contributed by atoms with E-state index < -0.39 is 28.3 Å². The monoisotopic (exact) mass is 277 g/mol. The average molecular weight is 277 g/mol. The molecule has 20 heavy (non-hydrogen) atoms. The number of imide groups is 2. The van der Waals surface area contributed by atoms with Crippen LogP contribution >= 0.6 is 0 Å². The van der Waals surface area contributed by atoms with Crippen LogP contribution in [-0.2, 0) is 9.59 Å². The number of carbonyl (C=O) groups excluding carboxylic acids is 3. The highest BCUT2D eigenvalue weighted by Gasteiger charge is 2.28. The third kappa shape index (κ3) is 2.46. The van der Waals surface area contributed by atoms with Gasteiger partial charge in [-0.05, 0) is 12.1 Å². The van der Waals surface area contributed by atoms with Gasteiger partial charge < -0.3 is 5.11 Å². The molecule has 0 saturated carbocycles. The van der Waals surface area contributed by atoms with Crippen LogP contribution in [0.15, 0.2) is 23.8 Å². The summed E-state index contributed by atoms with van der Waals surface area (Å²) < 4.78 is 0. The van der Waals surface area contributed by atoms with E-state index in [1.165, 1.54) is 0 Å². The van der Waals surface area contributed by atoms with Crippen molar-refractivity contribution in [1.82, 2.24) is 10.6 Å². The summed E-state index contributed by atoms with van der Waals surface area (Å²) in [5.41, 5.74) is -0.850. The van der Waals surface area contributed by atoms with E-state index in [4.69, 9.17) is 0 Å². The molecule has 1 aliphatic heterocycles. The second kappa shape index (κ2) is 4.80. The van der Waals surface area contributed by atoms with Crippen LogP contribution in [0.2, 0.25) is 0 Å². The van der Waals surface area contributed by atoms with Crippen molar-refractivity contribution in [1.29, 1.82) is 0 Å². The summed E-state index contributed by atoms with van der Waals surface area (Å²) in [4.78, 5) is 43.7. The molecular formula is C11H7N3O6. The smallest absolute Gasteiger partial charge is 0.328 e. The lowest BCUT2D eigenvalue weighted by atomic mass is 10.1. The molecule has 1 aromatic rings. The molecule has 9 heteroatoms. The van der Waals surface area contributed by atoms with E-state index in [2.05, 4.69) is 0 Å². The van der Waals surface area contributed by atoms with Crippen LogP contribution in [0.3, 0.4) is 0 Å². The fourth-order valence-corrected chi connectivity index (χ4v) is 1.53. The molecule has 9 nitrogen and oxygen atoms in total. The number of nitrogens with one attached hydrogen (secondary N) is 2. The number of barbiturate groups is 1. The van der Waals surface area contributed by atoms with Crippen molar-refractivity contribution in [2.75, 3.05) is 0 Å². The van der Waals surface area contributed by atoms with E-state index in [0.717, 1.165) is 24.3 Å². The van der Waals surface area contributed by atoms with Gasteiger partial charge in [-0.15, -0.1) is 0 Å². The Bertz CT molecular complexity index is 657. The van der Waals surface area contributed by atoms with Crippen LogP contribution in [0, 0.1) is 10.1 Å². The van der Waals surface area contributed by atoms with Gasteiger partial charge in [0.25, 0.3) is 17.5 Å². The minimum atomic E-state index is -0.958. The first-order valence-electron chi connectivity index (χ1n) is 5.24. The van der Waals surface area contributed by atoms with Gasteiger partial charge in [-0.3, -0.25) is 30.3 Å². The number of nitrogens with zero attached hydrogens (tertiary/aromatic N) is 1. The third-order valence-corrected chi connectivity index (χ3v) is 2.47. The number of amides is 4. The van der Waals surface area contributed by atoms with Crippen LogP contribution < -0.4 is 10.6 Å². The summed E-state index contributed by atoms with van der Waals surface area (Å²) in [6, 6.07) is 2.18. The van der Waals surface area contributed by atoms with E-state index >= 15 is 0 Å². The summed E-state index contributed by atoms with van der Waals surface area (Å²) in [7, 11) is 0. The highest BCUT2D eigenvalue weighted by molar-refractivity contribution is 6.31. The van der Waals surface area contributed by atoms with Gasteiger partial charge in [-0.2, -0.15) is 0 Å². The number of urea groups is 1. The molecule has 0 atom stereocenters. The zero-order valence-electron chi connectivity index (χ0n) is 9.75. The maximum Gasteiger partial charge on any atom is 0.328 e. The molecule has 1 aromatic carbocycles. The predicted octanol–water partition coefficient (Wildman–Crippen LogP) is 0.0498. The zero-order chi connectivity index (χ0) is 14.9. The summed E-state index contributed by atoms with van der Waals surface area (Å²) in [6.45, 7) is 0. The number of nitro groups is 1. The molecule has 0 spiro atoms. The molecule has 0 aliphatic carbocycles. The van der Waals surface area contributed by atoms with Crippen LogP contribution in [0.4, 0.5) is 10.5 Å². The summed E-state index contributed by atoms with van der Waals surface area (Å²) in [5.74, 6) is -2.25. The Kier molecular flexibility index (Phi) is 3.17. The quantitative estimate of drug-likeness (QED) is 0.302.